The minimum absolute atomic E-state index is 0.141. The number of aromatic nitrogens is 5. The summed E-state index contributed by atoms with van der Waals surface area (Å²) in [7, 11) is 1.91. The van der Waals surface area contributed by atoms with Gasteiger partial charge in [0, 0.05) is 37.4 Å². The lowest BCUT2D eigenvalue weighted by Crippen LogP contribution is -2.10. The first-order valence-corrected chi connectivity index (χ1v) is 6.44. The van der Waals surface area contributed by atoms with Crippen LogP contribution in [0.4, 0.5) is 5.69 Å². The maximum Gasteiger partial charge on any atom is 0.176 e. The summed E-state index contributed by atoms with van der Waals surface area (Å²) >= 11 is 0. The Labute approximate surface area is 117 Å². The number of pyridine rings is 1. The summed E-state index contributed by atoms with van der Waals surface area (Å²) < 4.78 is 3.55. The molecule has 1 atom stereocenters. The molecule has 0 aliphatic rings. The summed E-state index contributed by atoms with van der Waals surface area (Å²) in [5, 5.41) is 11.9. The number of nitrogens with one attached hydrogen (secondary N) is 1. The molecule has 20 heavy (non-hydrogen) atoms. The summed E-state index contributed by atoms with van der Waals surface area (Å²) in [6, 6.07) is 5.92. The van der Waals surface area contributed by atoms with Crippen LogP contribution in [0, 0.1) is 0 Å². The van der Waals surface area contributed by atoms with Crippen molar-refractivity contribution in [2.75, 3.05) is 5.32 Å². The molecule has 0 spiro atoms. The molecule has 0 bridgehead atoms. The van der Waals surface area contributed by atoms with E-state index in [2.05, 4.69) is 27.4 Å². The van der Waals surface area contributed by atoms with Crippen LogP contribution in [-0.2, 0) is 7.05 Å². The van der Waals surface area contributed by atoms with Crippen molar-refractivity contribution >= 4 is 5.69 Å². The molecule has 102 valence electrons. The van der Waals surface area contributed by atoms with Gasteiger partial charge in [-0.1, -0.05) is 0 Å². The van der Waals surface area contributed by atoms with Crippen LogP contribution in [0.15, 0.2) is 49.2 Å². The van der Waals surface area contributed by atoms with E-state index < -0.39 is 0 Å². The van der Waals surface area contributed by atoms with Crippen LogP contribution in [0.5, 0.6) is 0 Å². The highest BCUT2D eigenvalue weighted by Gasteiger charge is 2.11. The second-order valence-electron chi connectivity index (χ2n) is 4.64. The van der Waals surface area contributed by atoms with Crippen LogP contribution in [-0.4, -0.2) is 24.5 Å². The van der Waals surface area contributed by atoms with Gasteiger partial charge in [0.1, 0.15) is 0 Å². The second-order valence-corrected chi connectivity index (χ2v) is 4.64. The summed E-state index contributed by atoms with van der Waals surface area (Å²) in [6.07, 6.45) is 9.24. The number of hydrogen-bond acceptors (Lipinski definition) is 4. The van der Waals surface area contributed by atoms with Gasteiger partial charge in [-0.3, -0.25) is 4.68 Å². The van der Waals surface area contributed by atoms with Gasteiger partial charge in [-0.05, 0) is 25.1 Å². The van der Waals surface area contributed by atoms with E-state index in [4.69, 9.17) is 0 Å². The molecule has 0 fully saturated rings. The summed E-state index contributed by atoms with van der Waals surface area (Å²) in [4.78, 5) is 4.39. The van der Waals surface area contributed by atoms with E-state index in [1.807, 2.05) is 43.8 Å². The summed E-state index contributed by atoms with van der Waals surface area (Å²) in [5.41, 5.74) is 2.07. The molecule has 0 saturated heterocycles. The zero-order chi connectivity index (χ0) is 13.9. The molecule has 1 unspecified atom stereocenters. The number of nitrogens with zero attached hydrogens (tertiary/aromatic N) is 5. The van der Waals surface area contributed by atoms with Crippen molar-refractivity contribution in [1.82, 2.24) is 24.5 Å². The van der Waals surface area contributed by atoms with E-state index in [9.17, 15) is 0 Å². The molecule has 0 radical (unpaired) electrons. The van der Waals surface area contributed by atoms with Gasteiger partial charge < -0.3 is 5.32 Å². The van der Waals surface area contributed by atoms with Gasteiger partial charge in [0.25, 0.3) is 0 Å². The first-order chi connectivity index (χ1) is 9.74. The van der Waals surface area contributed by atoms with Crippen molar-refractivity contribution < 1.29 is 0 Å². The zero-order valence-corrected chi connectivity index (χ0v) is 11.4. The Morgan fingerprint density at radius 1 is 1.20 bits per heavy atom. The van der Waals surface area contributed by atoms with Crippen molar-refractivity contribution in [2.24, 2.45) is 7.05 Å². The van der Waals surface area contributed by atoms with Crippen LogP contribution in [0.2, 0.25) is 0 Å². The van der Waals surface area contributed by atoms with Gasteiger partial charge in [-0.2, -0.15) is 10.2 Å². The molecule has 6 nitrogen and oxygen atoms in total. The van der Waals surface area contributed by atoms with Gasteiger partial charge in [0.15, 0.2) is 5.82 Å². The van der Waals surface area contributed by atoms with E-state index in [0.29, 0.717) is 0 Å². The Hall–Kier alpha value is -2.63. The predicted octanol–water partition coefficient (Wildman–Crippen LogP) is 2.17. The minimum Gasteiger partial charge on any atom is -0.375 e. The topological polar surface area (TPSA) is 60.6 Å². The molecular formula is C14H16N6. The van der Waals surface area contributed by atoms with E-state index in [1.54, 1.807) is 21.8 Å². The van der Waals surface area contributed by atoms with Crippen LogP contribution in [0.1, 0.15) is 18.5 Å². The Bertz CT molecular complexity index is 685. The highest BCUT2D eigenvalue weighted by Crippen LogP contribution is 2.22. The highest BCUT2D eigenvalue weighted by molar-refractivity contribution is 5.57. The molecule has 0 aliphatic heterocycles. The SMILES string of the molecule is CC(Nc1cccnc1-n1cccn1)c1cnn(C)c1. The second kappa shape index (κ2) is 5.16. The standard InChI is InChI=1S/C14H16N6/c1-11(12-9-17-19(2)10-12)18-13-5-3-6-15-14(13)20-8-4-7-16-20/h3-11,18H,1-2H3. The Balaban J connectivity index is 1.88. The number of aryl methyl sites for hydroxylation is 1. The largest absolute Gasteiger partial charge is 0.375 e. The van der Waals surface area contributed by atoms with Gasteiger partial charge in [-0.15, -0.1) is 0 Å². The van der Waals surface area contributed by atoms with Crippen LogP contribution in [0.25, 0.3) is 5.82 Å². The minimum atomic E-state index is 0.141. The monoisotopic (exact) mass is 268 g/mol. The van der Waals surface area contributed by atoms with E-state index in [1.165, 1.54) is 0 Å². The first-order valence-electron chi connectivity index (χ1n) is 6.44. The van der Waals surface area contributed by atoms with Gasteiger partial charge in [-0.25, -0.2) is 9.67 Å². The van der Waals surface area contributed by atoms with E-state index >= 15 is 0 Å². The molecule has 3 aromatic rings. The third-order valence-corrected chi connectivity index (χ3v) is 3.10. The highest BCUT2D eigenvalue weighted by atomic mass is 15.3. The summed E-state index contributed by atoms with van der Waals surface area (Å²) in [5.74, 6) is 0.785. The molecule has 0 aliphatic carbocycles. The third kappa shape index (κ3) is 2.40. The average Bonchev–Trinajstić information content (AvgIpc) is 3.10. The fourth-order valence-corrected chi connectivity index (χ4v) is 2.07. The molecular weight excluding hydrogens is 252 g/mol. The molecule has 3 aromatic heterocycles. The van der Waals surface area contributed by atoms with Gasteiger partial charge in [0.2, 0.25) is 0 Å². The van der Waals surface area contributed by atoms with Crippen LogP contribution in [0.3, 0.4) is 0 Å². The van der Waals surface area contributed by atoms with Gasteiger partial charge in [0.05, 0.1) is 17.9 Å². The van der Waals surface area contributed by atoms with Crippen LogP contribution < -0.4 is 5.32 Å². The van der Waals surface area contributed by atoms with Gasteiger partial charge >= 0.3 is 0 Å². The quantitative estimate of drug-likeness (QED) is 0.787. The fourth-order valence-electron chi connectivity index (χ4n) is 2.07. The number of anilines is 1. The van der Waals surface area contributed by atoms with E-state index in [0.717, 1.165) is 17.1 Å². The molecule has 1 N–H and O–H groups in total. The first kappa shape index (κ1) is 12.4. The summed E-state index contributed by atoms with van der Waals surface area (Å²) in [6.45, 7) is 2.09. The van der Waals surface area contributed by atoms with E-state index in [-0.39, 0.29) is 6.04 Å². The smallest absolute Gasteiger partial charge is 0.176 e. The molecule has 0 saturated carbocycles. The van der Waals surface area contributed by atoms with Crippen molar-refractivity contribution in [3.63, 3.8) is 0 Å². The molecule has 3 rings (SSSR count). The normalized spacial score (nSPS) is 12.3. The molecule has 3 heterocycles. The molecule has 0 amide bonds. The fraction of sp³-hybridized carbons (Fsp3) is 0.214. The Kier molecular flexibility index (Phi) is 3.20. The number of rotatable bonds is 4. The zero-order valence-electron chi connectivity index (χ0n) is 11.4. The Morgan fingerprint density at radius 3 is 2.80 bits per heavy atom. The Morgan fingerprint density at radius 2 is 2.10 bits per heavy atom. The molecule has 6 heteroatoms. The van der Waals surface area contributed by atoms with Crippen molar-refractivity contribution in [2.45, 2.75) is 13.0 Å². The predicted molar refractivity (Wildman–Crippen MR) is 76.6 cm³/mol. The van der Waals surface area contributed by atoms with Crippen molar-refractivity contribution in [3.8, 4) is 5.82 Å². The average molecular weight is 268 g/mol. The van der Waals surface area contributed by atoms with Crippen LogP contribution >= 0.6 is 0 Å². The van der Waals surface area contributed by atoms with Crippen molar-refractivity contribution in [1.29, 1.82) is 0 Å². The lowest BCUT2D eigenvalue weighted by Gasteiger charge is -2.16. The van der Waals surface area contributed by atoms with Crippen molar-refractivity contribution in [3.05, 3.63) is 54.7 Å². The maximum atomic E-state index is 4.39. The maximum absolute atomic E-state index is 4.39. The lowest BCUT2D eigenvalue weighted by molar-refractivity contribution is 0.765. The third-order valence-electron chi connectivity index (χ3n) is 3.10. The molecule has 0 aromatic carbocycles. The number of hydrogen-bond donors (Lipinski definition) is 1. The lowest BCUT2D eigenvalue weighted by atomic mass is 10.2.